The number of rotatable bonds is 6. The molecule has 0 N–H and O–H groups in total. The Morgan fingerprint density at radius 3 is 2.36 bits per heavy atom. The van der Waals surface area contributed by atoms with Crippen LogP contribution in [0, 0.1) is 0 Å². The molecule has 0 atom stereocenters. The fourth-order valence-electron chi connectivity index (χ4n) is 0.742. The topological polar surface area (TPSA) is 63.7 Å². The molecule has 0 saturated carbocycles. The van der Waals surface area contributed by atoms with Crippen molar-refractivity contribution in [3.63, 3.8) is 0 Å². The molecule has 0 spiro atoms. The van der Waals surface area contributed by atoms with E-state index in [2.05, 4.69) is 4.74 Å². The monoisotopic (exact) mass is 263 g/mol. The van der Waals surface area contributed by atoms with Crippen LogP contribution in [0.25, 0.3) is 0 Å². The number of halogens is 2. The van der Waals surface area contributed by atoms with Crippen molar-refractivity contribution in [2.45, 2.75) is 6.42 Å². The Morgan fingerprint density at radius 2 is 2.00 bits per heavy atom. The van der Waals surface area contributed by atoms with Crippen molar-refractivity contribution < 1.29 is 17.9 Å². The molecule has 0 amide bonds. The minimum absolute atomic E-state index is 0.0226. The number of nitrogens with zero attached hydrogens (tertiary/aromatic N) is 1. The third-order valence-electron chi connectivity index (χ3n) is 1.44. The van der Waals surface area contributed by atoms with E-state index in [0.29, 0.717) is 0 Å². The first-order valence-electron chi connectivity index (χ1n) is 3.74. The molecule has 0 bridgehead atoms. The molecule has 84 valence electrons. The lowest BCUT2D eigenvalue weighted by Crippen LogP contribution is -2.31. The lowest BCUT2D eigenvalue weighted by molar-refractivity contribution is -0.140. The Morgan fingerprint density at radius 1 is 1.43 bits per heavy atom. The largest absolute Gasteiger partial charge is 0.469 e. The molecule has 0 rings (SSSR count). The highest BCUT2D eigenvalue weighted by molar-refractivity contribution is 8.11. The van der Waals surface area contributed by atoms with Crippen molar-refractivity contribution >= 4 is 37.5 Å². The highest BCUT2D eigenvalue weighted by atomic mass is 35.7. The summed E-state index contributed by atoms with van der Waals surface area (Å²) in [7, 11) is 2.50. The van der Waals surface area contributed by atoms with Gasteiger partial charge in [-0.25, -0.2) is 0 Å². The van der Waals surface area contributed by atoms with Gasteiger partial charge in [-0.15, -0.1) is 11.6 Å². The zero-order chi connectivity index (χ0) is 11.2. The fourth-order valence-corrected chi connectivity index (χ4v) is 2.08. The molecular formula is C6H11Cl2NO4S. The van der Waals surface area contributed by atoms with Gasteiger partial charge in [0.2, 0.25) is 0 Å². The van der Waals surface area contributed by atoms with Crippen LogP contribution in [-0.4, -0.2) is 44.8 Å². The van der Waals surface area contributed by atoms with Gasteiger partial charge in [-0.1, -0.05) is 0 Å². The fraction of sp³-hybridized carbons (Fsp3) is 0.833. The maximum atomic E-state index is 10.9. The molecule has 14 heavy (non-hydrogen) atoms. The molecule has 0 aliphatic heterocycles. The molecule has 0 aliphatic rings. The van der Waals surface area contributed by atoms with Gasteiger partial charge < -0.3 is 4.74 Å². The molecule has 0 aromatic rings. The van der Waals surface area contributed by atoms with Crippen molar-refractivity contribution in [3.8, 4) is 0 Å². The molecule has 8 heteroatoms. The molecule has 5 nitrogen and oxygen atoms in total. The summed E-state index contributed by atoms with van der Waals surface area (Å²) >= 11 is 5.37. The predicted molar refractivity (Wildman–Crippen MR) is 53.7 cm³/mol. The zero-order valence-corrected chi connectivity index (χ0v) is 9.90. The molecule has 0 aromatic heterocycles. The predicted octanol–water partition coefficient (Wildman–Crippen LogP) is 0.574. The van der Waals surface area contributed by atoms with Gasteiger partial charge in [0.1, 0.15) is 0 Å². The lowest BCUT2D eigenvalue weighted by Gasteiger charge is -2.15. The molecule has 0 aromatic carbocycles. The maximum absolute atomic E-state index is 10.9. The van der Waals surface area contributed by atoms with Gasteiger partial charge in [0.25, 0.3) is 9.24 Å². The Kier molecular flexibility index (Phi) is 6.43. The molecule has 0 aliphatic carbocycles. The van der Waals surface area contributed by atoms with E-state index in [9.17, 15) is 13.2 Å². The number of methoxy groups -OCH3 is 1. The van der Waals surface area contributed by atoms with Crippen LogP contribution in [0.3, 0.4) is 0 Å². The third kappa shape index (κ3) is 5.64. The third-order valence-corrected chi connectivity index (χ3v) is 3.17. The normalized spacial score (nSPS) is 11.7. The van der Waals surface area contributed by atoms with Gasteiger partial charge >= 0.3 is 5.97 Å². The first-order chi connectivity index (χ1) is 6.41. The van der Waals surface area contributed by atoms with Crippen molar-refractivity contribution in [2.75, 3.05) is 26.1 Å². The van der Waals surface area contributed by atoms with Crippen LogP contribution in [0.4, 0.5) is 0 Å². The molecule has 0 radical (unpaired) electrons. The van der Waals surface area contributed by atoms with E-state index >= 15 is 0 Å². The average Bonchev–Trinajstić information content (AvgIpc) is 2.09. The summed E-state index contributed by atoms with van der Waals surface area (Å²) in [6.45, 7) is 0.0512. The van der Waals surface area contributed by atoms with Crippen LogP contribution in [0.2, 0.25) is 0 Å². The van der Waals surface area contributed by atoms with Crippen LogP contribution in [0.15, 0.2) is 0 Å². The number of hydrogen-bond acceptors (Lipinski definition) is 4. The number of alkyl halides is 1. The van der Waals surface area contributed by atoms with E-state index in [-0.39, 0.29) is 25.4 Å². The van der Waals surface area contributed by atoms with E-state index in [1.807, 2.05) is 0 Å². The van der Waals surface area contributed by atoms with Gasteiger partial charge in [-0.3, -0.25) is 4.79 Å². The van der Waals surface area contributed by atoms with Gasteiger partial charge in [0.15, 0.2) is 0 Å². The van der Waals surface area contributed by atoms with Gasteiger partial charge in [-0.05, 0) is 0 Å². The number of carbonyl (C=O) groups excluding carboxylic acids is 1. The number of esters is 1. The van der Waals surface area contributed by atoms with E-state index in [1.54, 1.807) is 0 Å². The van der Waals surface area contributed by atoms with Crippen LogP contribution in [-0.2, 0) is 18.8 Å². The molecule has 0 fully saturated rings. The second-order valence-electron chi connectivity index (χ2n) is 2.36. The summed E-state index contributed by atoms with van der Waals surface area (Å²) in [6, 6.07) is 0. The van der Waals surface area contributed by atoms with Crippen molar-refractivity contribution in [2.24, 2.45) is 0 Å². The maximum Gasteiger partial charge on any atom is 0.306 e. The van der Waals surface area contributed by atoms with Crippen molar-refractivity contribution in [1.82, 2.24) is 4.31 Å². The van der Waals surface area contributed by atoms with E-state index in [0.717, 1.165) is 4.31 Å². The Bertz CT molecular complexity index is 280. The molecular weight excluding hydrogens is 253 g/mol. The highest BCUT2D eigenvalue weighted by Crippen LogP contribution is 2.07. The smallest absolute Gasteiger partial charge is 0.306 e. The van der Waals surface area contributed by atoms with Crippen molar-refractivity contribution in [3.05, 3.63) is 0 Å². The Hall–Kier alpha value is -0.0400. The second kappa shape index (κ2) is 6.44. The lowest BCUT2D eigenvalue weighted by atomic mass is 10.4. The summed E-state index contributed by atoms with van der Waals surface area (Å²) in [6.07, 6.45) is -0.0423. The Labute approximate surface area is 92.5 Å². The molecule has 0 heterocycles. The SMILES string of the molecule is COC(=O)CCN(CCCl)S(=O)(=O)Cl. The summed E-state index contributed by atoms with van der Waals surface area (Å²) in [5, 5.41) is 0. The van der Waals surface area contributed by atoms with Gasteiger partial charge in [0, 0.05) is 29.7 Å². The van der Waals surface area contributed by atoms with Gasteiger partial charge in [0.05, 0.1) is 13.5 Å². The highest BCUT2D eigenvalue weighted by Gasteiger charge is 2.19. The van der Waals surface area contributed by atoms with Crippen LogP contribution >= 0.6 is 22.3 Å². The quantitative estimate of drug-likeness (QED) is 0.400. The van der Waals surface area contributed by atoms with Crippen molar-refractivity contribution in [1.29, 1.82) is 0 Å². The van der Waals surface area contributed by atoms with Crippen LogP contribution in [0.1, 0.15) is 6.42 Å². The number of ether oxygens (including phenoxy) is 1. The minimum atomic E-state index is -3.82. The summed E-state index contributed by atoms with van der Waals surface area (Å²) < 4.78 is 27.1. The minimum Gasteiger partial charge on any atom is -0.469 e. The first-order valence-corrected chi connectivity index (χ1v) is 6.54. The average molecular weight is 264 g/mol. The van der Waals surface area contributed by atoms with E-state index in [1.165, 1.54) is 7.11 Å². The summed E-state index contributed by atoms with van der Waals surface area (Å²) in [5.74, 6) is -0.377. The molecule has 0 saturated heterocycles. The second-order valence-corrected chi connectivity index (χ2v) is 5.24. The van der Waals surface area contributed by atoms with E-state index < -0.39 is 15.2 Å². The first kappa shape index (κ1) is 14.0. The zero-order valence-electron chi connectivity index (χ0n) is 7.57. The Balaban J connectivity index is 4.18. The summed E-state index contributed by atoms with van der Waals surface area (Å²) in [5.41, 5.74) is 0. The number of carbonyl (C=O) groups is 1. The van der Waals surface area contributed by atoms with Crippen LogP contribution < -0.4 is 0 Å². The van der Waals surface area contributed by atoms with Crippen LogP contribution in [0.5, 0.6) is 0 Å². The molecule has 0 unspecified atom stereocenters. The van der Waals surface area contributed by atoms with Gasteiger partial charge in [-0.2, -0.15) is 12.7 Å². The number of hydrogen-bond donors (Lipinski definition) is 0. The standard InChI is InChI=1S/C6H11Cl2NO4S/c1-13-6(10)2-4-9(5-3-7)14(8,11)12/h2-5H2,1H3. The summed E-state index contributed by atoms with van der Waals surface area (Å²) in [4.78, 5) is 10.7. The van der Waals surface area contributed by atoms with E-state index in [4.69, 9.17) is 22.3 Å².